The number of hydrogen-bond donors (Lipinski definition) is 1. The fourth-order valence-corrected chi connectivity index (χ4v) is 10.4. The number of aliphatic carboxylic acids is 1. The molecule has 184 valence electrons. The normalized spacial score (nSPS) is 47.3. The molecule has 33 heavy (non-hydrogen) atoms. The van der Waals surface area contributed by atoms with Crippen LogP contribution in [0.5, 0.6) is 0 Å². The van der Waals surface area contributed by atoms with Gasteiger partial charge in [0.2, 0.25) is 0 Å². The van der Waals surface area contributed by atoms with Crippen LogP contribution >= 0.6 is 0 Å². The van der Waals surface area contributed by atoms with E-state index in [1.165, 1.54) is 50.5 Å². The van der Waals surface area contributed by atoms with E-state index in [1.54, 1.807) is 0 Å². The molecule has 1 N–H and O–H groups in total. The third-order valence-electron chi connectivity index (χ3n) is 13.2. The molecule has 0 saturated heterocycles. The van der Waals surface area contributed by atoms with E-state index in [4.69, 9.17) is 0 Å². The lowest BCUT2D eigenvalue weighted by molar-refractivity contribution is -0.232. The number of carbonyl (C=O) groups excluding carboxylic acids is 1. The smallest absolute Gasteiger partial charge is 0.310 e. The van der Waals surface area contributed by atoms with Crippen molar-refractivity contribution in [1.29, 1.82) is 0 Å². The predicted octanol–water partition coefficient (Wildman–Crippen LogP) is 7.15. The van der Waals surface area contributed by atoms with Gasteiger partial charge in [0.25, 0.3) is 0 Å². The predicted molar refractivity (Wildman–Crippen MR) is 132 cm³/mol. The van der Waals surface area contributed by atoms with Gasteiger partial charge in [-0.25, -0.2) is 0 Å². The molecule has 5 rings (SSSR count). The molecule has 3 heteroatoms. The number of carboxylic acids is 1. The quantitative estimate of drug-likeness (QED) is 0.457. The first-order valence-electron chi connectivity index (χ1n) is 13.8. The highest BCUT2D eigenvalue weighted by Gasteiger charge is 2.72. The molecule has 5 aliphatic carbocycles. The van der Waals surface area contributed by atoms with E-state index in [-0.39, 0.29) is 22.7 Å². The Hall–Kier alpha value is -1.12. The fraction of sp³-hybridized carbons (Fsp3) is 0.867. The SMILES string of the molecule is CC1(C)C2CCC3C(=CC(=O)C4C5CCCCC5CCC34)C2C(C)(C)C(C)(C(=O)O)C1(C)C. The van der Waals surface area contributed by atoms with Gasteiger partial charge in [0.15, 0.2) is 5.78 Å². The Labute approximate surface area is 201 Å². The zero-order valence-corrected chi connectivity index (χ0v) is 22.0. The summed E-state index contributed by atoms with van der Waals surface area (Å²) >= 11 is 0. The highest BCUT2D eigenvalue weighted by atomic mass is 16.4. The summed E-state index contributed by atoms with van der Waals surface area (Å²) in [6.07, 6.45) is 12.1. The van der Waals surface area contributed by atoms with Crippen LogP contribution in [-0.2, 0) is 9.59 Å². The minimum Gasteiger partial charge on any atom is -0.481 e. The summed E-state index contributed by atoms with van der Waals surface area (Å²) in [4.78, 5) is 26.8. The lowest BCUT2D eigenvalue weighted by Crippen LogP contribution is -2.69. The van der Waals surface area contributed by atoms with E-state index in [2.05, 4.69) is 47.6 Å². The van der Waals surface area contributed by atoms with Crippen molar-refractivity contribution in [2.45, 2.75) is 99.8 Å². The molecule has 0 radical (unpaired) electrons. The number of allylic oxidation sites excluding steroid dienone is 2. The van der Waals surface area contributed by atoms with E-state index < -0.39 is 16.8 Å². The van der Waals surface area contributed by atoms with Crippen LogP contribution in [0.3, 0.4) is 0 Å². The van der Waals surface area contributed by atoms with Gasteiger partial charge in [0, 0.05) is 5.92 Å². The van der Waals surface area contributed by atoms with Gasteiger partial charge in [-0.05, 0) is 96.9 Å². The van der Waals surface area contributed by atoms with Gasteiger partial charge in [0.05, 0.1) is 5.41 Å². The molecule has 0 amide bonds. The van der Waals surface area contributed by atoms with Crippen LogP contribution in [0.4, 0.5) is 0 Å². The van der Waals surface area contributed by atoms with Crippen molar-refractivity contribution in [2.75, 3.05) is 0 Å². The van der Waals surface area contributed by atoms with Gasteiger partial charge in [-0.3, -0.25) is 9.59 Å². The highest BCUT2D eigenvalue weighted by molar-refractivity contribution is 5.94. The van der Waals surface area contributed by atoms with Gasteiger partial charge >= 0.3 is 5.97 Å². The summed E-state index contributed by atoms with van der Waals surface area (Å²) in [5.41, 5.74) is -0.470. The molecule has 0 aromatic rings. The number of carbonyl (C=O) groups is 2. The van der Waals surface area contributed by atoms with Gasteiger partial charge in [-0.1, -0.05) is 66.4 Å². The number of ketones is 1. The Morgan fingerprint density at radius 2 is 1.52 bits per heavy atom. The van der Waals surface area contributed by atoms with Crippen LogP contribution in [0.15, 0.2) is 11.6 Å². The first kappa shape index (κ1) is 23.6. The maximum absolute atomic E-state index is 13.8. The maximum Gasteiger partial charge on any atom is 0.310 e. The zero-order valence-electron chi connectivity index (χ0n) is 22.0. The molecule has 8 atom stereocenters. The Balaban J connectivity index is 1.62. The number of carboxylic acid groups (broad SMARTS) is 1. The summed E-state index contributed by atoms with van der Waals surface area (Å²) in [5.74, 6) is 2.83. The molecule has 0 spiro atoms. The monoisotopic (exact) mass is 454 g/mol. The Morgan fingerprint density at radius 3 is 2.18 bits per heavy atom. The summed E-state index contributed by atoms with van der Waals surface area (Å²) in [5, 5.41) is 10.7. The number of fused-ring (bicyclic) bond motifs is 7. The van der Waals surface area contributed by atoms with Crippen molar-refractivity contribution in [1.82, 2.24) is 0 Å². The molecule has 0 heterocycles. The molecule has 0 bridgehead atoms. The molecule has 0 aromatic carbocycles. The van der Waals surface area contributed by atoms with Crippen LogP contribution in [0, 0.1) is 63.1 Å². The fourth-order valence-electron chi connectivity index (χ4n) is 10.4. The number of hydrogen-bond acceptors (Lipinski definition) is 2. The molecular weight excluding hydrogens is 408 g/mol. The lowest BCUT2D eigenvalue weighted by Gasteiger charge is -2.71. The second-order valence-corrected chi connectivity index (χ2v) is 14.3. The van der Waals surface area contributed by atoms with Gasteiger partial charge in [0.1, 0.15) is 0 Å². The van der Waals surface area contributed by atoms with Gasteiger partial charge < -0.3 is 5.11 Å². The Kier molecular flexibility index (Phi) is 5.15. The molecule has 0 aromatic heterocycles. The molecule has 4 saturated carbocycles. The molecule has 8 unspecified atom stereocenters. The standard InChI is InChI=1S/C30H46O3/c1-27(2)22-15-14-19-20-13-12-17-10-8-9-11-18(17)24(20)23(31)16-21(19)25(22)28(3,4)30(7,26(32)33)29(27,5)6/h16-20,22,24-25H,8-15H2,1-7H3,(H,32,33). The molecule has 4 fully saturated rings. The minimum absolute atomic E-state index is 0.132. The van der Waals surface area contributed by atoms with Crippen molar-refractivity contribution in [3.8, 4) is 0 Å². The highest BCUT2D eigenvalue weighted by Crippen LogP contribution is 2.74. The molecule has 5 aliphatic rings. The lowest BCUT2D eigenvalue weighted by atomic mass is 9.32. The van der Waals surface area contributed by atoms with Crippen LogP contribution in [0.1, 0.15) is 99.8 Å². The minimum atomic E-state index is -0.881. The second-order valence-electron chi connectivity index (χ2n) is 14.3. The van der Waals surface area contributed by atoms with Crippen LogP contribution in [-0.4, -0.2) is 16.9 Å². The summed E-state index contributed by atoms with van der Waals surface area (Å²) in [6, 6.07) is 0. The zero-order chi connectivity index (χ0) is 24.1. The molecular formula is C30H46O3. The van der Waals surface area contributed by atoms with Crippen molar-refractivity contribution in [3.63, 3.8) is 0 Å². The summed E-state index contributed by atoms with van der Waals surface area (Å²) in [7, 11) is 0. The largest absolute Gasteiger partial charge is 0.481 e. The average Bonchev–Trinajstić information content (AvgIpc) is 2.75. The topological polar surface area (TPSA) is 54.4 Å². The van der Waals surface area contributed by atoms with Gasteiger partial charge in [-0.2, -0.15) is 0 Å². The van der Waals surface area contributed by atoms with Gasteiger partial charge in [-0.15, -0.1) is 0 Å². The average molecular weight is 455 g/mol. The van der Waals surface area contributed by atoms with Crippen molar-refractivity contribution in [2.24, 2.45) is 63.1 Å². The molecule has 3 nitrogen and oxygen atoms in total. The van der Waals surface area contributed by atoms with Crippen molar-refractivity contribution < 1.29 is 14.7 Å². The van der Waals surface area contributed by atoms with Crippen LogP contribution < -0.4 is 0 Å². The summed E-state index contributed by atoms with van der Waals surface area (Å²) in [6.45, 7) is 15.4. The van der Waals surface area contributed by atoms with E-state index in [9.17, 15) is 14.7 Å². The molecule has 0 aliphatic heterocycles. The van der Waals surface area contributed by atoms with E-state index in [0.717, 1.165) is 12.3 Å². The van der Waals surface area contributed by atoms with Crippen LogP contribution in [0.2, 0.25) is 0 Å². The van der Waals surface area contributed by atoms with E-state index in [0.29, 0.717) is 29.5 Å². The van der Waals surface area contributed by atoms with Crippen LogP contribution in [0.25, 0.3) is 0 Å². The Bertz CT molecular complexity index is 892. The van der Waals surface area contributed by atoms with E-state index in [1.807, 2.05) is 6.92 Å². The maximum atomic E-state index is 13.8. The first-order valence-corrected chi connectivity index (χ1v) is 13.8. The van der Waals surface area contributed by atoms with E-state index >= 15 is 0 Å². The number of rotatable bonds is 1. The summed E-state index contributed by atoms with van der Waals surface area (Å²) < 4.78 is 0. The Morgan fingerprint density at radius 1 is 0.848 bits per heavy atom. The third-order valence-corrected chi connectivity index (χ3v) is 13.2. The van der Waals surface area contributed by atoms with Crippen molar-refractivity contribution >= 4 is 11.8 Å². The first-order chi connectivity index (χ1) is 15.3. The van der Waals surface area contributed by atoms with Crippen molar-refractivity contribution in [3.05, 3.63) is 11.6 Å². The third kappa shape index (κ3) is 2.74. The second kappa shape index (κ2) is 7.20.